The summed E-state index contributed by atoms with van der Waals surface area (Å²) in [5.74, 6) is -14.4. The number of hydrogen-bond acceptors (Lipinski definition) is 17. The molecule has 0 saturated carbocycles. The maximum Gasteiger partial charge on any atom is 0.243 e. The van der Waals surface area contributed by atoms with Gasteiger partial charge in [-0.05, 0) is 140 Å². The van der Waals surface area contributed by atoms with Gasteiger partial charge in [0.2, 0.25) is 95.0 Å². The molecule has 21 N–H and O–H groups in total. The van der Waals surface area contributed by atoms with Crippen molar-refractivity contribution in [1.29, 1.82) is 0 Å². The molecule has 0 fully saturated rings. The molecule has 0 radical (unpaired) electrons. The molecule has 4 heterocycles. The molecule has 16 amide bonds. The first-order valence-electron chi connectivity index (χ1n) is 48.0. The van der Waals surface area contributed by atoms with Gasteiger partial charge in [-0.2, -0.15) is 0 Å². The van der Waals surface area contributed by atoms with E-state index in [4.69, 9.17) is 0 Å². The third kappa shape index (κ3) is 32.1. The van der Waals surface area contributed by atoms with E-state index in [1.807, 2.05) is 133 Å². The van der Waals surface area contributed by atoms with Crippen molar-refractivity contribution in [3.8, 4) is 0 Å². The Hall–Kier alpha value is -13.5. The van der Waals surface area contributed by atoms with E-state index < -0.39 is 197 Å². The van der Waals surface area contributed by atoms with Crippen LogP contribution in [0.1, 0.15) is 185 Å². The lowest BCUT2D eigenvalue weighted by atomic mass is 9.97. The summed E-state index contributed by atoms with van der Waals surface area (Å²) in [4.78, 5) is 242. The van der Waals surface area contributed by atoms with Gasteiger partial charge in [-0.1, -0.05) is 190 Å². The lowest BCUT2D eigenvalue weighted by Gasteiger charge is -2.30. The van der Waals surface area contributed by atoms with Gasteiger partial charge in [0.15, 0.2) is 0 Å². The van der Waals surface area contributed by atoms with Crippen molar-refractivity contribution in [3.05, 3.63) is 144 Å². The van der Waals surface area contributed by atoms with E-state index in [1.54, 1.807) is 99.2 Å². The number of nitrogens with one attached hydrogen (secondary N) is 20. The molecule has 37 heteroatoms. The molecule has 8 aromatic rings. The van der Waals surface area contributed by atoms with Crippen LogP contribution < -0.4 is 85.1 Å². The summed E-state index contributed by atoms with van der Waals surface area (Å²) in [5, 5.41) is 56.8. The van der Waals surface area contributed by atoms with Gasteiger partial charge in [-0.15, -0.1) is 0 Å². The molecule has 0 aliphatic rings. The number of hydrogen-bond donors (Lipinski definition) is 21. The third-order valence-corrected chi connectivity index (χ3v) is 24.4. The first-order valence-corrected chi connectivity index (χ1v) is 48.0. The molecule has 4 aromatic carbocycles. The van der Waals surface area contributed by atoms with E-state index in [1.165, 1.54) is 13.8 Å². The molecule has 138 heavy (non-hydrogen) atoms. The Kier molecular flexibility index (Phi) is 42.0. The van der Waals surface area contributed by atoms with Crippen LogP contribution >= 0.6 is 0 Å². The Labute approximate surface area is 806 Å². The van der Waals surface area contributed by atoms with Crippen molar-refractivity contribution in [2.75, 3.05) is 19.7 Å². The molecule has 4 aromatic heterocycles. The van der Waals surface area contributed by atoms with E-state index in [0.29, 0.717) is 51.3 Å². The molecular formula is C101H144N20O17. The SMILES string of the molecule is CC[C@H](C)[C@H](NC=O)C(=O)NCC(=O)N[C@@H](C)C(=O)N[C@H](CC(C)C)C(=O)N[C@@H](C)C(=O)N[C@@H](C(=O)N[C@H](CC(C)C)C(=O)N[C@@H](Cc1c[nH]c2ccccc12)C(=O)N[C@H](CC(C)C)C(=O)N[C@@H](Cc1c[nH]c2ccccc12)C(=O)N[C@@H](C(=O)N[C@H](C(=O)N[C@@H](Cc1c[nH]c2ccccc12)C(=O)N[C@H](CC(C)C)C(=O)N[C@@H](Cc1c[nH]c2ccccc12)C(=O)NCCCO)C(C)C)C(C)C)C(C)C. The molecule has 0 aliphatic heterocycles. The normalized spacial score (nSPS) is 14.9. The fourth-order valence-electron chi connectivity index (χ4n) is 16.5. The summed E-state index contributed by atoms with van der Waals surface area (Å²) < 4.78 is 0. The Balaban J connectivity index is 0.999. The molecule has 0 aliphatic carbocycles. The molecule has 750 valence electrons. The molecule has 0 bridgehead atoms. The van der Waals surface area contributed by atoms with E-state index in [-0.39, 0.29) is 101 Å². The van der Waals surface area contributed by atoms with Crippen molar-refractivity contribution < 1.29 is 81.8 Å². The molecule has 0 unspecified atom stereocenters. The topological polar surface area (TPSA) is 549 Å². The zero-order valence-corrected chi connectivity index (χ0v) is 82.5. The van der Waals surface area contributed by atoms with E-state index in [9.17, 15) is 48.3 Å². The number of aliphatic hydroxyl groups is 1. The van der Waals surface area contributed by atoms with Crippen LogP contribution in [0.5, 0.6) is 0 Å². The number of fused-ring (bicyclic) bond motifs is 4. The second-order valence-electron chi connectivity index (χ2n) is 38.7. The van der Waals surface area contributed by atoms with Gasteiger partial charge in [0.1, 0.15) is 84.6 Å². The van der Waals surface area contributed by atoms with Gasteiger partial charge in [0, 0.05) is 107 Å². The van der Waals surface area contributed by atoms with Crippen LogP contribution in [0.4, 0.5) is 0 Å². The van der Waals surface area contributed by atoms with Crippen LogP contribution in [0, 0.1) is 47.3 Å². The van der Waals surface area contributed by atoms with Gasteiger partial charge in [0.05, 0.1) is 6.54 Å². The van der Waals surface area contributed by atoms with Crippen molar-refractivity contribution in [3.63, 3.8) is 0 Å². The second-order valence-corrected chi connectivity index (χ2v) is 38.7. The van der Waals surface area contributed by atoms with Crippen molar-refractivity contribution in [2.45, 2.75) is 273 Å². The minimum atomic E-state index is -1.48. The average Bonchev–Trinajstić information content (AvgIpc) is 0.950. The lowest BCUT2D eigenvalue weighted by Crippen LogP contribution is -2.62. The van der Waals surface area contributed by atoms with Gasteiger partial charge in [-0.3, -0.25) is 76.7 Å². The van der Waals surface area contributed by atoms with E-state index >= 15 is 33.6 Å². The van der Waals surface area contributed by atoms with Gasteiger partial charge < -0.3 is 110 Å². The van der Waals surface area contributed by atoms with Crippen molar-refractivity contribution in [1.82, 2.24) is 105 Å². The largest absolute Gasteiger partial charge is 0.396 e. The molecule has 15 atom stereocenters. The highest BCUT2D eigenvalue weighted by molar-refractivity contribution is 6.02. The van der Waals surface area contributed by atoms with Gasteiger partial charge >= 0.3 is 0 Å². The van der Waals surface area contributed by atoms with Gasteiger partial charge in [-0.25, -0.2) is 0 Å². The number of rotatable bonds is 55. The fraction of sp³-hybridized carbons (Fsp3) is 0.525. The summed E-state index contributed by atoms with van der Waals surface area (Å²) in [6.45, 7) is 30.4. The van der Waals surface area contributed by atoms with Crippen LogP contribution in [0.15, 0.2) is 122 Å². The molecular weight excluding hydrogens is 1770 g/mol. The first-order chi connectivity index (χ1) is 65.5. The molecule has 37 nitrogen and oxygen atoms in total. The third-order valence-electron chi connectivity index (χ3n) is 24.4. The summed E-state index contributed by atoms with van der Waals surface area (Å²) in [6.07, 6.45) is 7.91. The van der Waals surface area contributed by atoms with Crippen LogP contribution in [0.3, 0.4) is 0 Å². The second kappa shape index (κ2) is 52.7. The predicted molar refractivity (Wildman–Crippen MR) is 527 cm³/mol. The molecule has 0 saturated heterocycles. The summed E-state index contributed by atoms with van der Waals surface area (Å²) >= 11 is 0. The maximum atomic E-state index is 15.5. The summed E-state index contributed by atoms with van der Waals surface area (Å²) in [6, 6.07) is 11.2. The smallest absolute Gasteiger partial charge is 0.243 e. The van der Waals surface area contributed by atoms with Crippen molar-refractivity contribution in [2.24, 2.45) is 47.3 Å². The number of aromatic amines is 4. The quantitative estimate of drug-likeness (QED) is 0.0173. The first kappa shape index (κ1) is 110. The Morgan fingerprint density at radius 1 is 0.304 bits per heavy atom. The number of aliphatic hydroxyl groups excluding tert-OH is 1. The minimum Gasteiger partial charge on any atom is -0.396 e. The van der Waals surface area contributed by atoms with Crippen LogP contribution in [-0.2, 0) is 102 Å². The number of para-hydroxylation sites is 4. The number of carbonyl (C=O) groups excluding carboxylic acids is 16. The minimum absolute atomic E-state index is 0.0121. The number of benzene rings is 4. The summed E-state index contributed by atoms with van der Waals surface area (Å²) in [7, 11) is 0. The average molecular weight is 1910 g/mol. The van der Waals surface area contributed by atoms with Crippen LogP contribution in [0.2, 0.25) is 0 Å². The number of H-pyrrole nitrogens is 4. The van der Waals surface area contributed by atoms with Crippen molar-refractivity contribution >= 4 is 139 Å². The lowest BCUT2D eigenvalue weighted by molar-refractivity contribution is -0.137. The highest BCUT2D eigenvalue weighted by atomic mass is 16.3. The fourth-order valence-corrected chi connectivity index (χ4v) is 16.5. The number of carbonyl (C=O) groups is 16. The summed E-state index contributed by atoms with van der Waals surface area (Å²) in [5.41, 5.74) is 5.54. The zero-order chi connectivity index (χ0) is 101. The Bertz CT molecular complexity index is 5510. The highest BCUT2D eigenvalue weighted by Gasteiger charge is 2.41. The molecule has 0 spiro atoms. The monoisotopic (exact) mass is 1910 g/mol. The number of aromatic nitrogens is 4. The molecule has 8 rings (SSSR count). The Morgan fingerprint density at radius 3 is 0.906 bits per heavy atom. The number of amides is 16. The van der Waals surface area contributed by atoms with Gasteiger partial charge in [0.25, 0.3) is 0 Å². The highest BCUT2D eigenvalue weighted by Crippen LogP contribution is 2.26. The van der Waals surface area contributed by atoms with Crippen LogP contribution in [0.25, 0.3) is 43.6 Å². The zero-order valence-electron chi connectivity index (χ0n) is 82.5. The standard InChI is InChI=1S/C101H144N20O17/c1-19-60(16)87(108-52-123)98(135)107-51-83(124)109-61(17)88(125)111-75(39-53(2)3)91(128)110-62(18)89(126)119-84(57(10)11)99(136)117-78(42-56(8)9)94(131)115-80(44-64-48-104-72-34-25-21-30-68(64)72)95(132)112-77(41-55(6)7)93(130)116-82(46-66-50-106-74-36-27-23-32-70(66)74)97(134)120-86(59(14)15)101(138)121-85(58(12)13)100(137)118-81(45-65-49-105-73-35-26-22-31-69(65)73)96(133)113-76(40-54(4)5)92(129)114-79(90(127)102-37-28-38-122)43-63-47-103-71-33-24-20-29-67(63)71/h20-27,29-36,47-50,52-62,75-82,84-87,103-106,122H,19,28,37-46,51H2,1-18H3,(H,102,127)(H,107,135)(H,108,123)(H,109,124)(H,110,128)(H,111,125)(H,112,132)(H,113,133)(H,114,129)(H,115,131)(H,116,130)(H,117,136)(H,118,137)(H,119,126)(H,120,134)(H,121,138)/t60-,61-,62-,75+,76+,77+,78+,79-,80-,81-,82-,84+,85-,86+,87-/m0/s1. The van der Waals surface area contributed by atoms with Crippen LogP contribution in [-0.4, -0.2) is 224 Å². The Morgan fingerprint density at radius 2 is 0.572 bits per heavy atom. The maximum absolute atomic E-state index is 15.5. The van der Waals surface area contributed by atoms with E-state index in [2.05, 4.69) is 105 Å². The predicted octanol–water partition coefficient (Wildman–Crippen LogP) is 5.15. The van der Waals surface area contributed by atoms with E-state index in [0.717, 1.165) is 27.4 Å².